The van der Waals surface area contributed by atoms with Crippen LogP contribution in [0.2, 0.25) is 0 Å². The molecule has 0 atom stereocenters. The lowest BCUT2D eigenvalue weighted by Crippen LogP contribution is -2.22. The van der Waals surface area contributed by atoms with Crippen LogP contribution in [0.15, 0.2) is 10.2 Å². The minimum atomic E-state index is -0.00634. The van der Waals surface area contributed by atoms with Crippen molar-refractivity contribution >= 4 is 12.2 Å². The molecule has 0 unspecified atom stereocenters. The van der Waals surface area contributed by atoms with Crippen LogP contribution in [0.4, 0.5) is 0 Å². The second-order valence-electron chi connectivity index (χ2n) is 3.11. The van der Waals surface area contributed by atoms with Gasteiger partial charge in [-0.3, -0.25) is 0 Å². The Morgan fingerprint density at radius 1 is 1.45 bits per heavy atom. The highest BCUT2D eigenvalue weighted by Gasteiger charge is 2.10. The van der Waals surface area contributed by atoms with E-state index in [9.17, 15) is 0 Å². The van der Waals surface area contributed by atoms with Gasteiger partial charge in [0.2, 0.25) is 5.96 Å². The number of hydrogen-bond donors (Lipinski definition) is 2. The minimum Gasteiger partial charge on any atom is -0.369 e. The average Bonchev–Trinajstić information content (AvgIpc) is 1.87. The van der Waals surface area contributed by atoms with Gasteiger partial charge in [-0.25, -0.2) is 0 Å². The summed E-state index contributed by atoms with van der Waals surface area (Å²) in [5.41, 5.74) is 10.2. The molecule has 4 nitrogen and oxygen atoms in total. The molecule has 0 saturated heterocycles. The fraction of sp³-hybridized carbons (Fsp3) is 0.714. The monoisotopic (exact) mass is 156 g/mol. The Morgan fingerprint density at radius 2 is 2.00 bits per heavy atom. The molecule has 0 aromatic rings. The van der Waals surface area contributed by atoms with Crippen molar-refractivity contribution in [3.05, 3.63) is 0 Å². The van der Waals surface area contributed by atoms with E-state index in [0.29, 0.717) is 0 Å². The second kappa shape index (κ2) is 3.95. The summed E-state index contributed by atoms with van der Waals surface area (Å²) in [6, 6.07) is 0. The Balaban J connectivity index is 4.02. The van der Waals surface area contributed by atoms with E-state index in [1.165, 1.54) is 0 Å². The van der Waals surface area contributed by atoms with Crippen molar-refractivity contribution in [2.24, 2.45) is 27.1 Å². The van der Waals surface area contributed by atoms with E-state index in [-0.39, 0.29) is 11.4 Å². The molecule has 4 N–H and O–H groups in total. The summed E-state index contributed by atoms with van der Waals surface area (Å²) in [6.07, 6.45) is 2.75. The Labute approximate surface area is 67.4 Å². The molecule has 0 aromatic heterocycles. The minimum absolute atomic E-state index is 0.00634. The van der Waals surface area contributed by atoms with Gasteiger partial charge in [0, 0.05) is 11.6 Å². The summed E-state index contributed by atoms with van der Waals surface area (Å²) >= 11 is 0. The van der Waals surface area contributed by atoms with Gasteiger partial charge in [0.25, 0.3) is 0 Å². The van der Waals surface area contributed by atoms with E-state index in [1.807, 2.05) is 0 Å². The molecule has 0 radical (unpaired) electrons. The first kappa shape index (κ1) is 9.94. The Hall–Kier alpha value is -1.06. The van der Waals surface area contributed by atoms with Gasteiger partial charge in [0.05, 0.1) is 0 Å². The van der Waals surface area contributed by atoms with Gasteiger partial charge < -0.3 is 11.5 Å². The van der Waals surface area contributed by atoms with Crippen LogP contribution < -0.4 is 11.5 Å². The maximum absolute atomic E-state index is 5.08. The lowest BCUT2D eigenvalue weighted by Gasteiger charge is -2.14. The first-order valence-corrected chi connectivity index (χ1v) is 3.61. The number of rotatable bonds is 3. The summed E-state index contributed by atoms with van der Waals surface area (Å²) in [4.78, 5) is 0. The van der Waals surface area contributed by atoms with Gasteiger partial charge in [-0.15, -0.1) is 5.10 Å². The third-order valence-electron chi connectivity index (χ3n) is 1.49. The Bertz CT molecular complexity index is 165. The zero-order chi connectivity index (χ0) is 8.91. The fourth-order valence-corrected chi connectivity index (χ4v) is 0.343. The van der Waals surface area contributed by atoms with Crippen molar-refractivity contribution in [1.29, 1.82) is 0 Å². The predicted molar refractivity (Wildman–Crippen MR) is 48.4 cm³/mol. The lowest BCUT2D eigenvalue weighted by atomic mass is 9.92. The number of nitrogens with two attached hydrogens (primary N) is 2. The van der Waals surface area contributed by atoms with Crippen molar-refractivity contribution in [2.45, 2.75) is 27.2 Å². The smallest absolute Gasteiger partial charge is 0.211 e. The summed E-state index contributed by atoms with van der Waals surface area (Å²) < 4.78 is 0. The highest BCUT2D eigenvalue weighted by molar-refractivity contribution is 5.76. The van der Waals surface area contributed by atoms with Gasteiger partial charge in [0.1, 0.15) is 0 Å². The number of hydrogen-bond acceptors (Lipinski definition) is 2. The molecule has 0 aliphatic carbocycles. The van der Waals surface area contributed by atoms with Crippen molar-refractivity contribution in [3.8, 4) is 0 Å². The fourth-order valence-electron chi connectivity index (χ4n) is 0.343. The van der Waals surface area contributed by atoms with Crippen LogP contribution in [0.3, 0.4) is 0 Å². The van der Waals surface area contributed by atoms with Crippen molar-refractivity contribution in [1.82, 2.24) is 0 Å². The van der Waals surface area contributed by atoms with Crippen LogP contribution in [-0.4, -0.2) is 12.2 Å². The third-order valence-corrected chi connectivity index (χ3v) is 1.49. The molecule has 0 bridgehead atoms. The second-order valence-corrected chi connectivity index (χ2v) is 3.11. The van der Waals surface area contributed by atoms with Crippen LogP contribution in [0, 0.1) is 5.41 Å². The zero-order valence-electron chi connectivity index (χ0n) is 7.33. The summed E-state index contributed by atoms with van der Waals surface area (Å²) in [5.74, 6) is -0.00634. The molecule has 0 fully saturated rings. The van der Waals surface area contributed by atoms with Crippen LogP contribution in [-0.2, 0) is 0 Å². The maximum atomic E-state index is 5.08. The SMILES string of the molecule is CCC(C)(C)/C=N/N=C(N)N. The maximum Gasteiger partial charge on any atom is 0.211 e. The molecule has 0 rings (SSSR count). The van der Waals surface area contributed by atoms with Crippen LogP contribution >= 0.6 is 0 Å². The standard InChI is InChI=1S/C7H16N4/c1-4-7(2,3)5-10-11-6(8)9/h5H,4H2,1-3H3,(H4,8,9,11)/b10-5+. The van der Waals surface area contributed by atoms with Gasteiger partial charge in [0.15, 0.2) is 0 Å². The van der Waals surface area contributed by atoms with E-state index in [1.54, 1.807) is 6.21 Å². The van der Waals surface area contributed by atoms with E-state index in [2.05, 4.69) is 31.0 Å². The van der Waals surface area contributed by atoms with Crippen LogP contribution in [0.25, 0.3) is 0 Å². The molecule has 11 heavy (non-hydrogen) atoms. The molecule has 4 heteroatoms. The Morgan fingerprint density at radius 3 is 2.36 bits per heavy atom. The molecule has 0 aliphatic rings. The highest BCUT2D eigenvalue weighted by Crippen LogP contribution is 2.15. The van der Waals surface area contributed by atoms with Gasteiger partial charge in [-0.2, -0.15) is 5.10 Å². The summed E-state index contributed by atoms with van der Waals surface area (Å²) in [7, 11) is 0. The van der Waals surface area contributed by atoms with Gasteiger partial charge >= 0.3 is 0 Å². The molecule has 0 aromatic carbocycles. The third kappa shape index (κ3) is 5.39. The number of guanidine groups is 1. The molecule has 0 spiro atoms. The normalized spacial score (nSPS) is 11.9. The van der Waals surface area contributed by atoms with Crippen LogP contribution in [0.5, 0.6) is 0 Å². The molecule has 0 amide bonds. The quantitative estimate of drug-likeness (QED) is 0.358. The largest absolute Gasteiger partial charge is 0.369 e. The molecular formula is C7H16N4. The van der Waals surface area contributed by atoms with E-state index in [4.69, 9.17) is 11.5 Å². The van der Waals surface area contributed by atoms with E-state index < -0.39 is 0 Å². The molecule has 0 heterocycles. The zero-order valence-corrected chi connectivity index (χ0v) is 7.33. The highest BCUT2D eigenvalue weighted by atomic mass is 15.3. The topological polar surface area (TPSA) is 76.8 Å². The average molecular weight is 156 g/mol. The van der Waals surface area contributed by atoms with Crippen LogP contribution in [0.1, 0.15) is 27.2 Å². The molecule has 64 valence electrons. The van der Waals surface area contributed by atoms with Crippen molar-refractivity contribution in [3.63, 3.8) is 0 Å². The van der Waals surface area contributed by atoms with Gasteiger partial charge in [-0.1, -0.05) is 20.8 Å². The molecule has 0 aliphatic heterocycles. The number of nitrogens with zero attached hydrogens (tertiary/aromatic N) is 2. The molecular weight excluding hydrogens is 140 g/mol. The predicted octanol–water partition coefficient (Wildman–Crippen LogP) is 0.682. The summed E-state index contributed by atoms with van der Waals surface area (Å²) in [6.45, 7) is 6.22. The van der Waals surface area contributed by atoms with Gasteiger partial charge in [-0.05, 0) is 6.42 Å². The molecule has 0 saturated carbocycles. The van der Waals surface area contributed by atoms with Crippen molar-refractivity contribution in [2.75, 3.05) is 0 Å². The van der Waals surface area contributed by atoms with Crippen molar-refractivity contribution < 1.29 is 0 Å². The van der Waals surface area contributed by atoms with E-state index in [0.717, 1.165) is 6.42 Å². The summed E-state index contributed by atoms with van der Waals surface area (Å²) in [5, 5.41) is 7.23. The van der Waals surface area contributed by atoms with E-state index >= 15 is 0 Å². The first-order chi connectivity index (χ1) is 4.98. The Kier molecular flexibility index (Phi) is 3.57. The first-order valence-electron chi connectivity index (χ1n) is 3.61. The lowest BCUT2D eigenvalue weighted by molar-refractivity contribution is 0.514.